The van der Waals surface area contributed by atoms with E-state index >= 15 is 0 Å². The van der Waals surface area contributed by atoms with Gasteiger partial charge in [0.25, 0.3) is 0 Å². The van der Waals surface area contributed by atoms with Crippen molar-refractivity contribution >= 4 is 39.1 Å². The fourth-order valence-corrected chi connectivity index (χ4v) is 3.79. The Morgan fingerprint density at radius 1 is 1.42 bits per heavy atom. The summed E-state index contributed by atoms with van der Waals surface area (Å²) in [5.41, 5.74) is 1.93. The smallest absolute Gasteiger partial charge is 0.320 e. The molecule has 0 aliphatic carbocycles. The monoisotopic (exact) mass is 411 g/mol. The summed E-state index contributed by atoms with van der Waals surface area (Å²) >= 11 is 5.10. The molecule has 2 heterocycles. The molecular formula is C16H22BrN5OS. The number of rotatable bonds is 6. The van der Waals surface area contributed by atoms with Gasteiger partial charge in [-0.1, -0.05) is 13.8 Å². The van der Waals surface area contributed by atoms with Crippen molar-refractivity contribution in [2.24, 2.45) is 5.92 Å². The maximum absolute atomic E-state index is 11.7. The number of amides is 2. The molecule has 0 bridgehead atoms. The third kappa shape index (κ3) is 4.52. The number of halogens is 1. The molecule has 2 rings (SSSR count). The van der Waals surface area contributed by atoms with Gasteiger partial charge in [0.05, 0.1) is 11.7 Å². The van der Waals surface area contributed by atoms with Crippen molar-refractivity contribution in [3.63, 3.8) is 0 Å². The van der Waals surface area contributed by atoms with E-state index in [0.29, 0.717) is 18.3 Å². The Balaban J connectivity index is 2.28. The van der Waals surface area contributed by atoms with Gasteiger partial charge >= 0.3 is 6.03 Å². The zero-order chi connectivity index (χ0) is 17.7. The highest BCUT2D eigenvalue weighted by atomic mass is 79.9. The summed E-state index contributed by atoms with van der Waals surface area (Å²) in [4.78, 5) is 20.6. The number of hydrogen-bond acceptors (Lipinski definition) is 5. The number of hydrogen-bond donors (Lipinski definition) is 3. The van der Waals surface area contributed by atoms with Crippen LogP contribution < -0.4 is 16.0 Å². The number of urea groups is 1. The van der Waals surface area contributed by atoms with E-state index in [1.54, 1.807) is 17.5 Å². The van der Waals surface area contributed by atoms with Crippen LogP contribution in [0.3, 0.4) is 0 Å². The van der Waals surface area contributed by atoms with Crippen LogP contribution >= 0.6 is 27.3 Å². The third-order valence-electron chi connectivity index (χ3n) is 3.48. The normalized spacial score (nSPS) is 12.2. The molecule has 1 atom stereocenters. The summed E-state index contributed by atoms with van der Waals surface area (Å²) < 4.78 is 0.843. The molecule has 0 radical (unpaired) electrons. The van der Waals surface area contributed by atoms with E-state index in [2.05, 4.69) is 56.1 Å². The number of carbonyl (C=O) groups excluding carboxylic acids is 1. The first-order chi connectivity index (χ1) is 11.5. The van der Waals surface area contributed by atoms with E-state index in [1.165, 1.54) is 0 Å². The molecule has 0 fully saturated rings. The molecule has 0 aromatic carbocycles. The molecule has 3 N–H and O–H groups in total. The summed E-state index contributed by atoms with van der Waals surface area (Å²) in [6.45, 7) is 6.75. The van der Waals surface area contributed by atoms with Crippen LogP contribution in [0.1, 0.15) is 32.5 Å². The Bertz CT molecular complexity index is 704. The van der Waals surface area contributed by atoms with Crippen LogP contribution in [0.25, 0.3) is 10.6 Å². The minimum Gasteiger partial charge on any atom is -0.338 e. The minimum absolute atomic E-state index is 0.212. The standard InChI is InChI=1S/C16H22BrN5OS/c1-5-19-16(23)22-13-6-10(11(17)7-20-13)15-21-12(8-24-15)14(18-4)9(2)3/h6-9,14,18H,5H2,1-4H3,(H2,19,20,22,23). The molecule has 0 aliphatic heterocycles. The van der Waals surface area contributed by atoms with E-state index in [-0.39, 0.29) is 12.1 Å². The maximum Gasteiger partial charge on any atom is 0.320 e. The SMILES string of the molecule is CCNC(=O)Nc1cc(-c2nc(C(NC)C(C)C)cs2)c(Br)cn1. The second-order valence-electron chi connectivity index (χ2n) is 5.62. The first-order valence-corrected chi connectivity index (χ1v) is 9.47. The molecule has 2 amide bonds. The molecule has 1 unspecified atom stereocenters. The first kappa shape index (κ1) is 18.8. The summed E-state index contributed by atoms with van der Waals surface area (Å²) in [6.07, 6.45) is 1.68. The van der Waals surface area contributed by atoms with Crippen LogP contribution in [0.15, 0.2) is 22.1 Å². The van der Waals surface area contributed by atoms with Gasteiger partial charge in [0.1, 0.15) is 10.8 Å². The highest BCUT2D eigenvalue weighted by molar-refractivity contribution is 9.10. The first-order valence-electron chi connectivity index (χ1n) is 7.79. The number of aromatic nitrogens is 2. The van der Waals surface area contributed by atoms with Crippen LogP contribution in [-0.4, -0.2) is 29.6 Å². The molecule has 2 aromatic rings. The molecule has 0 spiro atoms. The molecule has 0 saturated heterocycles. The van der Waals surface area contributed by atoms with Gasteiger partial charge in [-0.3, -0.25) is 5.32 Å². The molecule has 24 heavy (non-hydrogen) atoms. The van der Waals surface area contributed by atoms with E-state index in [0.717, 1.165) is 20.7 Å². The lowest BCUT2D eigenvalue weighted by molar-refractivity contribution is 0.252. The topological polar surface area (TPSA) is 78.9 Å². The van der Waals surface area contributed by atoms with Gasteiger partial charge in [-0.25, -0.2) is 14.8 Å². The van der Waals surface area contributed by atoms with Crippen LogP contribution in [0, 0.1) is 5.92 Å². The average Bonchev–Trinajstić information content (AvgIpc) is 2.99. The molecule has 8 heteroatoms. The fourth-order valence-electron chi connectivity index (χ4n) is 2.37. The average molecular weight is 412 g/mol. The summed E-state index contributed by atoms with van der Waals surface area (Å²) in [5.74, 6) is 0.936. The van der Waals surface area contributed by atoms with Crippen molar-refractivity contribution < 1.29 is 4.79 Å². The van der Waals surface area contributed by atoms with Crippen molar-refractivity contribution in [1.82, 2.24) is 20.6 Å². The van der Waals surface area contributed by atoms with Gasteiger partial charge in [-0.15, -0.1) is 11.3 Å². The Hall–Kier alpha value is -1.51. The van der Waals surface area contributed by atoms with Gasteiger partial charge in [0, 0.05) is 28.2 Å². The largest absolute Gasteiger partial charge is 0.338 e. The van der Waals surface area contributed by atoms with E-state index in [4.69, 9.17) is 4.98 Å². The van der Waals surface area contributed by atoms with Crippen molar-refractivity contribution in [3.8, 4) is 10.6 Å². The van der Waals surface area contributed by atoms with Gasteiger partial charge in [0.15, 0.2) is 0 Å². The lowest BCUT2D eigenvalue weighted by Crippen LogP contribution is -2.28. The van der Waals surface area contributed by atoms with Crippen molar-refractivity contribution in [2.75, 3.05) is 18.9 Å². The zero-order valence-corrected chi connectivity index (χ0v) is 16.6. The van der Waals surface area contributed by atoms with Gasteiger partial charge in [-0.05, 0) is 41.9 Å². The summed E-state index contributed by atoms with van der Waals surface area (Å²) in [6, 6.07) is 1.77. The van der Waals surface area contributed by atoms with Gasteiger partial charge in [-0.2, -0.15) is 0 Å². The van der Waals surface area contributed by atoms with Crippen molar-refractivity contribution in [3.05, 3.63) is 27.8 Å². The number of nitrogens with one attached hydrogen (secondary N) is 3. The summed E-state index contributed by atoms with van der Waals surface area (Å²) in [7, 11) is 1.94. The Kier molecular flexibility index (Phi) is 6.70. The van der Waals surface area contributed by atoms with Crippen LogP contribution in [0.4, 0.5) is 10.6 Å². The molecular weight excluding hydrogens is 390 g/mol. The zero-order valence-electron chi connectivity index (χ0n) is 14.2. The van der Waals surface area contributed by atoms with E-state index in [9.17, 15) is 4.79 Å². The highest BCUT2D eigenvalue weighted by Crippen LogP contribution is 2.34. The predicted molar refractivity (Wildman–Crippen MR) is 102 cm³/mol. The lowest BCUT2D eigenvalue weighted by atomic mass is 10.0. The molecule has 0 aliphatic rings. The molecule has 130 valence electrons. The minimum atomic E-state index is -0.270. The predicted octanol–water partition coefficient (Wildman–Crippen LogP) is 4.03. The molecule has 2 aromatic heterocycles. The lowest BCUT2D eigenvalue weighted by Gasteiger charge is -2.17. The Labute approximate surface area is 154 Å². The van der Waals surface area contributed by atoms with Crippen molar-refractivity contribution in [2.45, 2.75) is 26.8 Å². The van der Waals surface area contributed by atoms with Crippen LogP contribution in [0.5, 0.6) is 0 Å². The summed E-state index contributed by atoms with van der Waals surface area (Å²) in [5, 5.41) is 11.7. The molecule has 6 nitrogen and oxygen atoms in total. The van der Waals surface area contributed by atoms with Crippen LogP contribution in [0.2, 0.25) is 0 Å². The van der Waals surface area contributed by atoms with E-state index < -0.39 is 0 Å². The van der Waals surface area contributed by atoms with Crippen molar-refractivity contribution in [1.29, 1.82) is 0 Å². The number of carbonyl (C=O) groups is 1. The number of anilines is 1. The van der Waals surface area contributed by atoms with E-state index in [1.807, 2.05) is 20.0 Å². The Morgan fingerprint density at radius 3 is 2.79 bits per heavy atom. The number of nitrogens with zero attached hydrogens (tertiary/aromatic N) is 2. The number of thiazole rings is 1. The second-order valence-corrected chi connectivity index (χ2v) is 7.33. The fraction of sp³-hybridized carbons (Fsp3) is 0.438. The number of pyridine rings is 1. The highest BCUT2D eigenvalue weighted by Gasteiger charge is 2.18. The molecule has 0 saturated carbocycles. The third-order valence-corrected chi connectivity index (χ3v) is 5.01. The Morgan fingerprint density at radius 2 is 2.17 bits per heavy atom. The quantitative estimate of drug-likeness (QED) is 0.670. The second kappa shape index (κ2) is 8.55. The van der Waals surface area contributed by atoms with Gasteiger partial charge < -0.3 is 10.6 Å². The maximum atomic E-state index is 11.7. The van der Waals surface area contributed by atoms with Gasteiger partial charge in [0.2, 0.25) is 0 Å². The van der Waals surface area contributed by atoms with Crippen LogP contribution in [-0.2, 0) is 0 Å².